The summed E-state index contributed by atoms with van der Waals surface area (Å²) < 4.78 is 10.3. The van der Waals surface area contributed by atoms with Crippen LogP contribution in [0.2, 0.25) is 0 Å². The van der Waals surface area contributed by atoms with Gasteiger partial charge in [0.05, 0.1) is 13.2 Å². The molecule has 2 aromatic rings. The number of rotatable bonds is 9. The fraction of sp³-hybridized carbons (Fsp3) is 0.500. The van der Waals surface area contributed by atoms with Crippen LogP contribution in [0.25, 0.3) is 11.0 Å². The Morgan fingerprint density at radius 3 is 3.16 bits per heavy atom. The SMILES string of the molecule is COCCOCCCNCc1c[nH]c2ncccc12. The van der Waals surface area contributed by atoms with E-state index in [9.17, 15) is 0 Å². The van der Waals surface area contributed by atoms with Crippen molar-refractivity contribution in [3.63, 3.8) is 0 Å². The molecule has 0 aliphatic heterocycles. The fourth-order valence-corrected chi connectivity index (χ4v) is 1.93. The molecule has 0 aromatic carbocycles. The minimum absolute atomic E-state index is 0.662. The predicted molar refractivity (Wildman–Crippen MR) is 75.1 cm³/mol. The van der Waals surface area contributed by atoms with Crippen molar-refractivity contribution in [2.45, 2.75) is 13.0 Å². The molecule has 0 amide bonds. The molecular weight excluding hydrogens is 242 g/mol. The van der Waals surface area contributed by atoms with E-state index in [1.54, 1.807) is 13.3 Å². The van der Waals surface area contributed by atoms with Gasteiger partial charge in [-0.25, -0.2) is 4.98 Å². The Morgan fingerprint density at radius 2 is 2.26 bits per heavy atom. The first-order chi connectivity index (χ1) is 9.42. The summed E-state index contributed by atoms with van der Waals surface area (Å²) in [5.41, 5.74) is 2.20. The zero-order chi connectivity index (χ0) is 13.3. The van der Waals surface area contributed by atoms with Gasteiger partial charge in [0.15, 0.2) is 0 Å². The van der Waals surface area contributed by atoms with Crippen molar-refractivity contribution in [2.24, 2.45) is 0 Å². The number of methoxy groups -OCH3 is 1. The molecule has 2 aromatic heterocycles. The van der Waals surface area contributed by atoms with Crippen LogP contribution >= 0.6 is 0 Å². The third kappa shape index (κ3) is 4.31. The lowest BCUT2D eigenvalue weighted by molar-refractivity contribution is 0.0695. The van der Waals surface area contributed by atoms with Gasteiger partial charge in [0.1, 0.15) is 5.65 Å². The van der Waals surface area contributed by atoms with E-state index in [1.807, 2.05) is 12.3 Å². The highest BCUT2D eigenvalue weighted by Gasteiger charge is 2.02. The van der Waals surface area contributed by atoms with E-state index in [1.165, 1.54) is 10.9 Å². The van der Waals surface area contributed by atoms with Gasteiger partial charge in [0, 0.05) is 38.0 Å². The Hall–Kier alpha value is -1.43. The zero-order valence-corrected chi connectivity index (χ0v) is 11.3. The summed E-state index contributed by atoms with van der Waals surface area (Å²) in [6.07, 6.45) is 4.82. The molecule has 104 valence electrons. The van der Waals surface area contributed by atoms with Crippen molar-refractivity contribution < 1.29 is 9.47 Å². The van der Waals surface area contributed by atoms with Gasteiger partial charge in [0.25, 0.3) is 0 Å². The Balaban J connectivity index is 1.63. The van der Waals surface area contributed by atoms with Crippen LogP contribution < -0.4 is 5.32 Å². The molecule has 0 radical (unpaired) electrons. The van der Waals surface area contributed by atoms with Crippen LogP contribution in [0, 0.1) is 0 Å². The lowest BCUT2D eigenvalue weighted by Gasteiger charge is -2.05. The average Bonchev–Trinajstić information content (AvgIpc) is 2.85. The molecule has 0 atom stereocenters. The van der Waals surface area contributed by atoms with Crippen LogP contribution in [0.5, 0.6) is 0 Å². The minimum atomic E-state index is 0.662. The predicted octanol–water partition coefficient (Wildman–Crippen LogP) is 1.71. The minimum Gasteiger partial charge on any atom is -0.382 e. The fourth-order valence-electron chi connectivity index (χ4n) is 1.93. The molecule has 0 spiro atoms. The van der Waals surface area contributed by atoms with E-state index in [0.29, 0.717) is 13.2 Å². The molecule has 0 aliphatic carbocycles. The molecule has 5 heteroatoms. The van der Waals surface area contributed by atoms with E-state index >= 15 is 0 Å². The molecule has 0 fully saturated rings. The van der Waals surface area contributed by atoms with Crippen LogP contribution in [0.4, 0.5) is 0 Å². The molecule has 0 aliphatic rings. The molecule has 0 bridgehead atoms. The van der Waals surface area contributed by atoms with Crippen LogP contribution in [0.1, 0.15) is 12.0 Å². The second kappa shape index (κ2) is 7.89. The molecule has 0 saturated heterocycles. The van der Waals surface area contributed by atoms with Gasteiger partial charge in [-0.3, -0.25) is 0 Å². The number of hydrogen-bond acceptors (Lipinski definition) is 4. The summed E-state index contributed by atoms with van der Waals surface area (Å²) >= 11 is 0. The van der Waals surface area contributed by atoms with Crippen LogP contribution in [-0.2, 0) is 16.0 Å². The van der Waals surface area contributed by atoms with Crippen LogP contribution in [-0.4, -0.2) is 43.4 Å². The van der Waals surface area contributed by atoms with Crippen molar-refractivity contribution in [2.75, 3.05) is 33.5 Å². The van der Waals surface area contributed by atoms with Gasteiger partial charge in [0.2, 0.25) is 0 Å². The summed E-state index contributed by atoms with van der Waals surface area (Å²) in [5, 5.41) is 4.60. The summed E-state index contributed by atoms with van der Waals surface area (Å²) in [7, 11) is 1.68. The lowest BCUT2D eigenvalue weighted by Crippen LogP contribution is -2.16. The Kier molecular flexibility index (Phi) is 5.81. The van der Waals surface area contributed by atoms with Gasteiger partial charge < -0.3 is 19.8 Å². The van der Waals surface area contributed by atoms with E-state index in [0.717, 1.165) is 31.8 Å². The van der Waals surface area contributed by atoms with Crippen molar-refractivity contribution in [1.29, 1.82) is 0 Å². The van der Waals surface area contributed by atoms with E-state index in [4.69, 9.17) is 9.47 Å². The number of aromatic nitrogens is 2. The number of hydrogen-bond donors (Lipinski definition) is 2. The second-order valence-electron chi connectivity index (χ2n) is 4.35. The van der Waals surface area contributed by atoms with Crippen LogP contribution in [0.15, 0.2) is 24.5 Å². The second-order valence-corrected chi connectivity index (χ2v) is 4.35. The lowest BCUT2D eigenvalue weighted by atomic mass is 10.2. The van der Waals surface area contributed by atoms with E-state index in [2.05, 4.69) is 21.4 Å². The first kappa shape index (κ1) is 14.0. The van der Waals surface area contributed by atoms with Crippen LogP contribution in [0.3, 0.4) is 0 Å². The Morgan fingerprint density at radius 1 is 1.32 bits per heavy atom. The maximum atomic E-state index is 5.40. The average molecular weight is 263 g/mol. The molecular formula is C14H21N3O2. The quantitative estimate of drug-likeness (QED) is 0.676. The van der Waals surface area contributed by atoms with Gasteiger partial charge in [-0.05, 0) is 30.7 Å². The number of aromatic amines is 1. The van der Waals surface area contributed by atoms with Crippen molar-refractivity contribution >= 4 is 11.0 Å². The zero-order valence-electron chi connectivity index (χ0n) is 11.3. The first-order valence-corrected chi connectivity index (χ1v) is 6.60. The topological polar surface area (TPSA) is 59.2 Å². The van der Waals surface area contributed by atoms with E-state index < -0.39 is 0 Å². The van der Waals surface area contributed by atoms with Gasteiger partial charge in [-0.1, -0.05) is 0 Å². The smallest absolute Gasteiger partial charge is 0.137 e. The number of nitrogens with zero attached hydrogens (tertiary/aromatic N) is 1. The van der Waals surface area contributed by atoms with Crippen molar-refractivity contribution in [1.82, 2.24) is 15.3 Å². The number of H-pyrrole nitrogens is 1. The number of fused-ring (bicyclic) bond motifs is 1. The van der Waals surface area contributed by atoms with Crippen molar-refractivity contribution in [3.8, 4) is 0 Å². The molecule has 19 heavy (non-hydrogen) atoms. The molecule has 2 N–H and O–H groups in total. The van der Waals surface area contributed by atoms with Crippen molar-refractivity contribution in [3.05, 3.63) is 30.1 Å². The Bertz CT molecular complexity index is 484. The molecule has 5 nitrogen and oxygen atoms in total. The summed E-state index contributed by atoms with van der Waals surface area (Å²) in [6.45, 7) is 3.90. The normalized spacial score (nSPS) is 11.2. The molecule has 2 heterocycles. The van der Waals surface area contributed by atoms with Gasteiger partial charge in [-0.2, -0.15) is 0 Å². The largest absolute Gasteiger partial charge is 0.382 e. The number of pyridine rings is 1. The maximum Gasteiger partial charge on any atom is 0.137 e. The summed E-state index contributed by atoms with van der Waals surface area (Å²) in [4.78, 5) is 7.45. The van der Waals surface area contributed by atoms with Gasteiger partial charge >= 0.3 is 0 Å². The van der Waals surface area contributed by atoms with E-state index in [-0.39, 0.29) is 0 Å². The third-order valence-electron chi connectivity index (χ3n) is 2.93. The standard InChI is InChI=1S/C14H21N3O2/c1-18-8-9-19-7-3-5-15-10-12-11-17-14-13(12)4-2-6-16-14/h2,4,6,11,15H,3,5,7-10H2,1H3,(H,16,17). The first-order valence-electron chi connectivity index (χ1n) is 6.60. The summed E-state index contributed by atoms with van der Waals surface area (Å²) in [6, 6.07) is 4.05. The number of nitrogens with one attached hydrogen (secondary N) is 2. The third-order valence-corrected chi connectivity index (χ3v) is 2.93. The Labute approximate surface area is 113 Å². The monoisotopic (exact) mass is 263 g/mol. The molecule has 2 rings (SSSR count). The van der Waals surface area contributed by atoms with Gasteiger partial charge in [-0.15, -0.1) is 0 Å². The molecule has 0 unspecified atom stereocenters. The highest BCUT2D eigenvalue weighted by molar-refractivity contribution is 5.79. The highest BCUT2D eigenvalue weighted by Crippen LogP contribution is 2.14. The number of ether oxygens (including phenoxy) is 2. The highest BCUT2D eigenvalue weighted by atomic mass is 16.5. The maximum absolute atomic E-state index is 5.40. The molecule has 0 saturated carbocycles. The summed E-state index contributed by atoms with van der Waals surface area (Å²) in [5.74, 6) is 0.